The molecule has 0 saturated heterocycles. The summed E-state index contributed by atoms with van der Waals surface area (Å²) in [5, 5.41) is 13.9. The first kappa shape index (κ1) is 17.4. The number of carbonyl (C=O) groups is 2. The van der Waals surface area contributed by atoms with Crippen LogP contribution in [-0.4, -0.2) is 35.9 Å². The summed E-state index contributed by atoms with van der Waals surface area (Å²) in [5.41, 5.74) is 5.21. The number of nitro benzene ring substituents is 1. The number of primary amides is 1. The Labute approximate surface area is 128 Å². The summed E-state index contributed by atoms with van der Waals surface area (Å²) in [6.45, 7) is 5.85. The van der Waals surface area contributed by atoms with E-state index in [-0.39, 0.29) is 35.4 Å². The minimum atomic E-state index is -0.741. The highest BCUT2D eigenvalue weighted by atomic mass is 16.6. The van der Waals surface area contributed by atoms with E-state index in [1.54, 1.807) is 11.8 Å². The molecule has 120 valence electrons. The summed E-state index contributed by atoms with van der Waals surface area (Å²) in [6, 6.07) is 3.96. The van der Waals surface area contributed by atoms with Crippen LogP contribution in [0.15, 0.2) is 18.2 Å². The lowest BCUT2D eigenvalue weighted by Crippen LogP contribution is -2.40. The highest BCUT2D eigenvalue weighted by molar-refractivity contribution is 5.94. The van der Waals surface area contributed by atoms with Crippen molar-refractivity contribution in [3.8, 4) is 0 Å². The van der Waals surface area contributed by atoms with Crippen molar-refractivity contribution in [1.29, 1.82) is 0 Å². The summed E-state index contributed by atoms with van der Waals surface area (Å²) < 4.78 is 0. The number of hydrogen-bond acceptors (Lipinski definition) is 5. The van der Waals surface area contributed by atoms with Crippen molar-refractivity contribution in [2.45, 2.75) is 26.8 Å². The van der Waals surface area contributed by atoms with E-state index >= 15 is 0 Å². The Bertz CT molecular complexity index is 586. The van der Waals surface area contributed by atoms with Gasteiger partial charge < -0.3 is 16.0 Å². The number of hydrogen-bond donors (Lipinski definition) is 2. The molecule has 0 spiro atoms. The molecular formula is C14H20N4O4. The minimum absolute atomic E-state index is 0.00849. The number of likely N-dealkylation sites (N-methyl/N-ethyl adjacent to an activating group) is 1. The van der Waals surface area contributed by atoms with Gasteiger partial charge in [-0.2, -0.15) is 0 Å². The molecule has 0 aliphatic heterocycles. The van der Waals surface area contributed by atoms with Crippen LogP contribution in [-0.2, 0) is 4.79 Å². The quantitative estimate of drug-likeness (QED) is 0.576. The average Bonchev–Trinajstić information content (AvgIpc) is 2.43. The first-order valence-corrected chi connectivity index (χ1v) is 6.88. The zero-order valence-electron chi connectivity index (χ0n) is 12.8. The largest absolute Gasteiger partial charge is 0.366 e. The van der Waals surface area contributed by atoms with Crippen LogP contribution in [0.5, 0.6) is 0 Å². The maximum atomic E-state index is 11.9. The molecule has 8 nitrogen and oxygen atoms in total. The third-order valence-corrected chi connectivity index (χ3v) is 2.96. The maximum Gasteiger partial charge on any atom is 0.293 e. The number of carbonyl (C=O) groups excluding carboxylic acids is 2. The third-order valence-electron chi connectivity index (χ3n) is 2.96. The second-order valence-electron chi connectivity index (χ2n) is 5.06. The van der Waals surface area contributed by atoms with Crippen LogP contribution in [0.1, 0.15) is 31.1 Å². The molecule has 1 aromatic rings. The number of nitrogens with one attached hydrogen (secondary N) is 1. The molecule has 0 radical (unpaired) electrons. The molecule has 1 aromatic carbocycles. The summed E-state index contributed by atoms with van der Waals surface area (Å²) >= 11 is 0. The van der Waals surface area contributed by atoms with E-state index in [2.05, 4.69) is 5.32 Å². The molecule has 22 heavy (non-hydrogen) atoms. The zero-order chi connectivity index (χ0) is 16.9. The number of nitro groups is 1. The van der Waals surface area contributed by atoms with E-state index in [0.29, 0.717) is 6.54 Å². The van der Waals surface area contributed by atoms with Gasteiger partial charge in [-0.15, -0.1) is 0 Å². The van der Waals surface area contributed by atoms with Gasteiger partial charge in [0, 0.05) is 24.2 Å². The smallest absolute Gasteiger partial charge is 0.293 e. The molecular weight excluding hydrogens is 288 g/mol. The summed E-state index contributed by atoms with van der Waals surface area (Å²) in [6.07, 6.45) is 0. The van der Waals surface area contributed by atoms with Gasteiger partial charge >= 0.3 is 0 Å². The van der Waals surface area contributed by atoms with E-state index in [4.69, 9.17) is 5.73 Å². The van der Waals surface area contributed by atoms with E-state index < -0.39 is 10.8 Å². The highest BCUT2D eigenvalue weighted by Crippen LogP contribution is 2.29. The molecule has 0 aliphatic rings. The predicted molar refractivity (Wildman–Crippen MR) is 82.8 cm³/mol. The van der Waals surface area contributed by atoms with E-state index in [1.165, 1.54) is 12.1 Å². The van der Waals surface area contributed by atoms with Gasteiger partial charge in [0.1, 0.15) is 5.69 Å². The fourth-order valence-corrected chi connectivity index (χ4v) is 2.00. The SMILES string of the molecule is CCN(CC(=O)NC(C)C)c1ccc(C(N)=O)cc1[N+](=O)[O-]. The van der Waals surface area contributed by atoms with Gasteiger partial charge in [-0.3, -0.25) is 19.7 Å². The summed E-state index contributed by atoms with van der Waals surface area (Å²) in [5.74, 6) is -0.972. The van der Waals surface area contributed by atoms with Crippen molar-refractivity contribution in [2.75, 3.05) is 18.0 Å². The van der Waals surface area contributed by atoms with Crippen LogP contribution in [0.3, 0.4) is 0 Å². The van der Waals surface area contributed by atoms with Gasteiger partial charge in [-0.1, -0.05) is 0 Å². The molecule has 2 amide bonds. The molecule has 0 atom stereocenters. The Kier molecular flexibility index (Phi) is 5.85. The molecule has 0 aliphatic carbocycles. The first-order chi connectivity index (χ1) is 10.3. The number of anilines is 1. The Morgan fingerprint density at radius 2 is 2.05 bits per heavy atom. The normalized spacial score (nSPS) is 10.4. The standard InChI is InChI=1S/C14H20N4O4/c1-4-17(8-13(19)16-9(2)3)11-6-5-10(14(15)20)7-12(11)18(21)22/h5-7,9H,4,8H2,1-3H3,(H2,15,20)(H,16,19). The number of amides is 2. The van der Waals surface area contributed by atoms with Gasteiger partial charge in [0.15, 0.2) is 0 Å². The number of nitrogens with two attached hydrogens (primary N) is 1. The zero-order valence-corrected chi connectivity index (χ0v) is 12.8. The van der Waals surface area contributed by atoms with Crippen molar-refractivity contribution in [3.05, 3.63) is 33.9 Å². The topological polar surface area (TPSA) is 119 Å². The Morgan fingerprint density at radius 1 is 1.41 bits per heavy atom. The molecule has 3 N–H and O–H groups in total. The molecule has 0 fully saturated rings. The predicted octanol–water partition coefficient (Wildman–Crippen LogP) is 1.04. The lowest BCUT2D eigenvalue weighted by atomic mass is 10.1. The summed E-state index contributed by atoms with van der Waals surface area (Å²) in [7, 11) is 0. The number of rotatable bonds is 7. The molecule has 1 rings (SSSR count). The maximum absolute atomic E-state index is 11.9. The molecule has 0 unspecified atom stereocenters. The van der Waals surface area contributed by atoms with Gasteiger partial charge in [-0.05, 0) is 32.9 Å². The third kappa shape index (κ3) is 4.44. The molecule has 8 heteroatoms. The fourth-order valence-electron chi connectivity index (χ4n) is 2.00. The lowest BCUT2D eigenvalue weighted by molar-refractivity contribution is -0.384. The average molecular weight is 308 g/mol. The lowest BCUT2D eigenvalue weighted by Gasteiger charge is -2.23. The molecule has 0 saturated carbocycles. The van der Waals surface area contributed by atoms with Gasteiger partial charge in [-0.25, -0.2) is 0 Å². The number of benzene rings is 1. The van der Waals surface area contributed by atoms with Crippen molar-refractivity contribution >= 4 is 23.2 Å². The number of nitrogens with zero attached hydrogens (tertiary/aromatic N) is 2. The van der Waals surface area contributed by atoms with Crippen LogP contribution in [0.25, 0.3) is 0 Å². The van der Waals surface area contributed by atoms with Crippen LogP contribution in [0, 0.1) is 10.1 Å². The Hall–Kier alpha value is -2.64. The van der Waals surface area contributed by atoms with E-state index in [0.717, 1.165) is 6.07 Å². The summed E-state index contributed by atoms with van der Waals surface area (Å²) in [4.78, 5) is 35.2. The monoisotopic (exact) mass is 308 g/mol. The van der Waals surface area contributed by atoms with Crippen LogP contribution in [0.2, 0.25) is 0 Å². The molecule has 0 bridgehead atoms. The van der Waals surface area contributed by atoms with E-state index in [1.807, 2.05) is 13.8 Å². The van der Waals surface area contributed by atoms with Crippen molar-refractivity contribution < 1.29 is 14.5 Å². The van der Waals surface area contributed by atoms with Crippen LogP contribution < -0.4 is 16.0 Å². The van der Waals surface area contributed by atoms with Crippen LogP contribution >= 0.6 is 0 Å². The van der Waals surface area contributed by atoms with Gasteiger partial charge in [0.05, 0.1) is 11.5 Å². The Balaban J connectivity index is 3.13. The molecule has 0 aromatic heterocycles. The minimum Gasteiger partial charge on any atom is -0.366 e. The van der Waals surface area contributed by atoms with Gasteiger partial charge in [0.25, 0.3) is 5.69 Å². The molecule has 0 heterocycles. The highest BCUT2D eigenvalue weighted by Gasteiger charge is 2.22. The van der Waals surface area contributed by atoms with Crippen molar-refractivity contribution in [2.24, 2.45) is 5.73 Å². The first-order valence-electron chi connectivity index (χ1n) is 6.88. The second-order valence-corrected chi connectivity index (χ2v) is 5.06. The van der Waals surface area contributed by atoms with Crippen molar-refractivity contribution in [3.63, 3.8) is 0 Å². The Morgan fingerprint density at radius 3 is 2.50 bits per heavy atom. The van der Waals surface area contributed by atoms with Crippen LogP contribution in [0.4, 0.5) is 11.4 Å². The second kappa shape index (κ2) is 7.39. The van der Waals surface area contributed by atoms with E-state index in [9.17, 15) is 19.7 Å². The van der Waals surface area contributed by atoms with Gasteiger partial charge in [0.2, 0.25) is 11.8 Å². The van der Waals surface area contributed by atoms with Crippen molar-refractivity contribution in [1.82, 2.24) is 5.32 Å². The fraction of sp³-hybridized carbons (Fsp3) is 0.429.